The van der Waals surface area contributed by atoms with E-state index in [4.69, 9.17) is 7.85 Å². The lowest BCUT2D eigenvalue weighted by molar-refractivity contribution is 1.58. The Kier molecular flexibility index (Phi) is 4.22. The normalized spacial score (nSPS) is 10.6. The molecule has 0 N–H and O–H groups in total. The van der Waals surface area contributed by atoms with E-state index in [9.17, 15) is 0 Å². The van der Waals surface area contributed by atoms with Gasteiger partial charge in [-0.05, 0) is 45.5 Å². The maximum atomic E-state index is 6.18. The SMILES string of the molecule is [B]c1cc(-c2ccccc2)cc(-c2cccc(-c3ccccc3)c2)c1. The molecule has 4 aromatic rings. The van der Waals surface area contributed by atoms with E-state index in [0.717, 1.165) is 16.6 Å². The lowest BCUT2D eigenvalue weighted by Gasteiger charge is -2.10. The Balaban J connectivity index is 1.79. The van der Waals surface area contributed by atoms with Crippen molar-refractivity contribution in [2.75, 3.05) is 0 Å². The molecule has 0 aliphatic rings. The molecule has 0 aromatic heterocycles. The minimum Gasteiger partial charge on any atom is -0.0955 e. The van der Waals surface area contributed by atoms with Crippen molar-refractivity contribution < 1.29 is 0 Å². The summed E-state index contributed by atoms with van der Waals surface area (Å²) in [6, 6.07) is 35.7. The fourth-order valence-corrected chi connectivity index (χ4v) is 3.12. The first-order valence-corrected chi connectivity index (χ1v) is 8.41. The molecule has 4 rings (SSSR count). The van der Waals surface area contributed by atoms with E-state index in [0.29, 0.717) is 0 Å². The second-order valence-corrected chi connectivity index (χ2v) is 6.16. The Labute approximate surface area is 150 Å². The van der Waals surface area contributed by atoms with E-state index in [1.165, 1.54) is 22.3 Å². The molecule has 0 amide bonds. The molecule has 116 valence electrons. The Morgan fingerprint density at radius 3 is 1.36 bits per heavy atom. The van der Waals surface area contributed by atoms with Gasteiger partial charge in [0.1, 0.15) is 7.85 Å². The highest BCUT2D eigenvalue weighted by Crippen LogP contribution is 2.28. The highest BCUT2D eigenvalue weighted by molar-refractivity contribution is 6.33. The Morgan fingerprint density at radius 1 is 0.360 bits per heavy atom. The summed E-state index contributed by atoms with van der Waals surface area (Å²) in [7, 11) is 6.18. The van der Waals surface area contributed by atoms with Crippen molar-refractivity contribution in [2.45, 2.75) is 0 Å². The van der Waals surface area contributed by atoms with Crippen LogP contribution in [-0.4, -0.2) is 7.85 Å². The molecule has 1 heteroatoms. The van der Waals surface area contributed by atoms with Gasteiger partial charge in [0.15, 0.2) is 0 Å². The van der Waals surface area contributed by atoms with Gasteiger partial charge in [-0.1, -0.05) is 96.5 Å². The van der Waals surface area contributed by atoms with Gasteiger partial charge in [0.05, 0.1) is 0 Å². The van der Waals surface area contributed by atoms with E-state index in [1.807, 2.05) is 36.4 Å². The van der Waals surface area contributed by atoms with Crippen LogP contribution >= 0.6 is 0 Å². The quantitative estimate of drug-likeness (QED) is 0.439. The van der Waals surface area contributed by atoms with Gasteiger partial charge in [-0.25, -0.2) is 0 Å². The van der Waals surface area contributed by atoms with Crippen LogP contribution in [0.5, 0.6) is 0 Å². The summed E-state index contributed by atoms with van der Waals surface area (Å²) in [6.45, 7) is 0. The van der Waals surface area contributed by atoms with Gasteiger partial charge in [-0.15, -0.1) is 0 Å². The average Bonchev–Trinajstić information content (AvgIpc) is 2.69. The molecule has 0 unspecified atom stereocenters. The van der Waals surface area contributed by atoms with E-state index in [2.05, 4.69) is 66.7 Å². The molecule has 0 heterocycles. The highest BCUT2D eigenvalue weighted by Gasteiger charge is 2.05. The summed E-state index contributed by atoms with van der Waals surface area (Å²) in [5.41, 5.74) is 7.83. The lowest BCUT2D eigenvalue weighted by atomic mass is 9.87. The molecule has 0 aliphatic carbocycles. The Hall–Kier alpha value is -3.06. The van der Waals surface area contributed by atoms with Crippen molar-refractivity contribution in [3.8, 4) is 33.4 Å². The molecule has 0 saturated heterocycles. The van der Waals surface area contributed by atoms with Crippen LogP contribution in [0, 0.1) is 0 Å². The summed E-state index contributed by atoms with van der Waals surface area (Å²) in [4.78, 5) is 0. The van der Waals surface area contributed by atoms with Crippen molar-refractivity contribution in [1.29, 1.82) is 0 Å². The summed E-state index contributed by atoms with van der Waals surface area (Å²) in [6.07, 6.45) is 0. The zero-order valence-electron chi connectivity index (χ0n) is 13.9. The maximum Gasteiger partial charge on any atom is 0.113 e. The predicted molar refractivity (Wildman–Crippen MR) is 108 cm³/mol. The van der Waals surface area contributed by atoms with Gasteiger partial charge in [-0.2, -0.15) is 0 Å². The van der Waals surface area contributed by atoms with Crippen molar-refractivity contribution >= 4 is 13.3 Å². The molecule has 0 nitrogen and oxygen atoms in total. The van der Waals surface area contributed by atoms with Crippen LogP contribution < -0.4 is 5.46 Å². The van der Waals surface area contributed by atoms with Crippen molar-refractivity contribution in [3.05, 3.63) is 103 Å². The summed E-state index contributed by atoms with van der Waals surface area (Å²) >= 11 is 0. The molecule has 0 fully saturated rings. The zero-order chi connectivity index (χ0) is 17.1. The van der Waals surface area contributed by atoms with Gasteiger partial charge >= 0.3 is 0 Å². The first-order valence-electron chi connectivity index (χ1n) is 8.41. The molecule has 0 atom stereocenters. The minimum absolute atomic E-state index is 0.779. The van der Waals surface area contributed by atoms with Gasteiger partial charge in [0, 0.05) is 0 Å². The third kappa shape index (κ3) is 3.41. The van der Waals surface area contributed by atoms with Gasteiger partial charge < -0.3 is 0 Å². The zero-order valence-corrected chi connectivity index (χ0v) is 13.9. The molecular formula is C24H17B. The van der Waals surface area contributed by atoms with E-state index in [-0.39, 0.29) is 0 Å². The van der Waals surface area contributed by atoms with Crippen LogP contribution in [0.2, 0.25) is 0 Å². The fraction of sp³-hybridized carbons (Fsp3) is 0. The standard InChI is InChI=1S/C24H17B/c25-24-16-22(19-10-5-2-6-11-19)15-23(17-24)21-13-7-12-20(14-21)18-8-3-1-4-9-18/h1-17H. The molecule has 4 aromatic carbocycles. The second-order valence-electron chi connectivity index (χ2n) is 6.16. The number of rotatable bonds is 3. The highest BCUT2D eigenvalue weighted by atomic mass is 14.1. The van der Waals surface area contributed by atoms with Crippen LogP contribution in [0.15, 0.2) is 103 Å². The number of hydrogen-bond acceptors (Lipinski definition) is 0. The number of benzene rings is 4. The van der Waals surface area contributed by atoms with Crippen molar-refractivity contribution in [3.63, 3.8) is 0 Å². The van der Waals surface area contributed by atoms with Crippen LogP contribution in [0.25, 0.3) is 33.4 Å². The lowest BCUT2D eigenvalue weighted by Crippen LogP contribution is -2.02. The van der Waals surface area contributed by atoms with E-state index in [1.54, 1.807) is 0 Å². The molecule has 0 aliphatic heterocycles. The third-order valence-electron chi connectivity index (χ3n) is 4.37. The Morgan fingerprint density at radius 2 is 0.760 bits per heavy atom. The van der Waals surface area contributed by atoms with E-state index < -0.39 is 0 Å². The summed E-state index contributed by atoms with van der Waals surface area (Å²) in [5.74, 6) is 0. The van der Waals surface area contributed by atoms with E-state index >= 15 is 0 Å². The Bertz CT molecular complexity index is 989. The first-order chi connectivity index (χ1) is 12.3. The molecule has 0 spiro atoms. The minimum atomic E-state index is 0.779. The van der Waals surface area contributed by atoms with Crippen molar-refractivity contribution in [1.82, 2.24) is 0 Å². The molecule has 2 radical (unpaired) electrons. The maximum absolute atomic E-state index is 6.18. The second kappa shape index (κ2) is 6.82. The summed E-state index contributed by atoms with van der Waals surface area (Å²) < 4.78 is 0. The van der Waals surface area contributed by atoms with Crippen LogP contribution in [0.1, 0.15) is 0 Å². The van der Waals surface area contributed by atoms with Crippen molar-refractivity contribution in [2.24, 2.45) is 0 Å². The third-order valence-corrected chi connectivity index (χ3v) is 4.37. The smallest absolute Gasteiger partial charge is 0.0955 e. The monoisotopic (exact) mass is 316 g/mol. The predicted octanol–water partition coefficient (Wildman–Crippen LogP) is 5.48. The van der Waals surface area contributed by atoms with Gasteiger partial charge in [0.25, 0.3) is 0 Å². The van der Waals surface area contributed by atoms with Gasteiger partial charge in [-0.3, -0.25) is 0 Å². The van der Waals surface area contributed by atoms with Crippen LogP contribution in [-0.2, 0) is 0 Å². The molecular weight excluding hydrogens is 299 g/mol. The molecule has 25 heavy (non-hydrogen) atoms. The fourth-order valence-electron chi connectivity index (χ4n) is 3.12. The first kappa shape index (κ1) is 15.5. The molecule has 0 saturated carbocycles. The molecule has 0 bridgehead atoms. The number of hydrogen-bond donors (Lipinski definition) is 0. The van der Waals surface area contributed by atoms with Crippen LogP contribution in [0.4, 0.5) is 0 Å². The largest absolute Gasteiger partial charge is 0.113 e. The topological polar surface area (TPSA) is 0 Å². The van der Waals surface area contributed by atoms with Gasteiger partial charge in [0.2, 0.25) is 0 Å². The average molecular weight is 316 g/mol. The summed E-state index contributed by atoms with van der Waals surface area (Å²) in [5, 5.41) is 0. The van der Waals surface area contributed by atoms with Crippen LogP contribution in [0.3, 0.4) is 0 Å².